The number of aromatic nitrogens is 2. The standard InChI is InChI=1S/C20H13BrN2O2S/c21-17-9-7-14(8-10-17)18(24)12-26-20-23-22-19(25-20)16-6-5-13-3-1-2-4-15(13)11-16/h1-11H,12H2. The van der Waals surface area contributed by atoms with Gasteiger partial charge in [-0.2, -0.15) is 0 Å². The lowest BCUT2D eigenvalue weighted by Crippen LogP contribution is -2.01. The Morgan fingerprint density at radius 2 is 1.73 bits per heavy atom. The Bertz CT molecular complexity index is 1080. The SMILES string of the molecule is O=C(CSc1nnc(-c2ccc3ccccc3c2)o1)c1ccc(Br)cc1. The smallest absolute Gasteiger partial charge is 0.277 e. The van der Waals surface area contributed by atoms with Crippen LogP contribution in [-0.4, -0.2) is 21.7 Å². The molecular formula is C20H13BrN2O2S. The van der Waals surface area contributed by atoms with Crippen molar-refractivity contribution in [1.82, 2.24) is 10.2 Å². The van der Waals surface area contributed by atoms with E-state index in [0.29, 0.717) is 16.7 Å². The van der Waals surface area contributed by atoms with E-state index >= 15 is 0 Å². The summed E-state index contributed by atoms with van der Waals surface area (Å²) in [4.78, 5) is 12.2. The number of ketones is 1. The average Bonchev–Trinajstić information content (AvgIpc) is 3.15. The number of halogens is 1. The maximum atomic E-state index is 12.2. The number of thioether (sulfide) groups is 1. The minimum absolute atomic E-state index is 0.0213. The monoisotopic (exact) mass is 424 g/mol. The Hall–Kier alpha value is -2.44. The fourth-order valence-electron chi connectivity index (χ4n) is 2.55. The van der Waals surface area contributed by atoms with Crippen molar-refractivity contribution in [1.29, 1.82) is 0 Å². The number of hydrogen-bond donors (Lipinski definition) is 0. The van der Waals surface area contributed by atoms with Crippen LogP contribution in [0.2, 0.25) is 0 Å². The fourth-order valence-corrected chi connectivity index (χ4v) is 3.48. The normalized spacial score (nSPS) is 11.0. The van der Waals surface area contributed by atoms with Crippen LogP contribution < -0.4 is 0 Å². The van der Waals surface area contributed by atoms with Crippen molar-refractivity contribution < 1.29 is 9.21 Å². The lowest BCUT2D eigenvalue weighted by Gasteiger charge is -2.00. The Labute approximate surface area is 162 Å². The van der Waals surface area contributed by atoms with Crippen LogP contribution in [0.4, 0.5) is 0 Å². The van der Waals surface area contributed by atoms with E-state index in [-0.39, 0.29) is 11.5 Å². The molecule has 1 heterocycles. The molecule has 0 saturated carbocycles. The van der Waals surface area contributed by atoms with Gasteiger partial charge in [-0.1, -0.05) is 70.2 Å². The molecule has 26 heavy (non-hydrogen) atoms. The number of benzene rings is 3. The van der Waals surface area contributed by atoms with Gasteiger partial charge in [0.05, 0.1) is 5.75 Å². The first-order valence-electron chi connectivity index (χ1n) is 7.93. The lowest BCUT2D eigenvalue weighted by atomic mass is 10.1. The van der Waals surface area contributed by atoms with Gasteiger partial charge in [-0.05, 0) is 35.0 Å². The second-order valence-corrected chi connectivity index (χ2v) is 7.50. The van der Waals surface area contributed by atoms with Gasteiger partial charge in [0.25, 0.3) is 5.22 Å². The van der Waals surface area contributed by atoms with Gasteiger partial charge in [-0.25, -0.2) is 0 Å². The quantitative estimate of drug-likeness (QED) is 0.307. The predicted octanol–water partition coefficient (Wildman–Crippen LogP) is 5.63. The molecule has 3 aromatic carbocycles. The first-order valence-corrected chi connectivity index (χ1v) is 9.71. The molecule has 0 fully saturated rings. The molecule has 0 atom stereocenters. The van der Waals surface area contributed by atoms with Gasteiger partial charge in [0.1, 0.15) is 0 Å². The summed E-state index contributed by atoms with van der Waals surface area (Å²) in [5.41, 5.74) is 1.53. The lowest BCUT2D eigenvalue weighted by molar-refractivity contribution is 0.102. The maximum absolute atomic E-state index is 12.2. The Balaban J connectivity index is 1.47. The molecule has 1 aromatic heterocycles. The number of carbonyl (C=O) groups is 1. The highest BCUT2D eigenvalue weighted by atomic mass is 79.9. The zero-order chi connectivity index (χ0) is 17.9. The highest BCUT2D eigenvalue weighted by Crippen LogP contribution is 2.26. The van der Waals surface area contributed by atoms with Crippen molar-refractivity contribution in [3.05, 3.63) is 76.8 Å². The van der Waals surface area contributed by atoms with E-state index in [1.807, 2.05) is 48.5 Å². The average molecular weight is 425 g/mol. The van der Waals surface area contributed by atoms with E-state index < -0.39 is 0 Å². The number of carbonyl (C=O) groups excluding carboxylic acids is 1. The molecule has 0 saturated heterocycles. The number of fused-ring (bicyclic) bond motifs is 1. The largest absolute Gasteiger partial charge is 0.411 e. The fraction of sp³-hybridized carbons (Fsp3) is 0.0500. The van der Waals surface area contributed by atoms with Gasteiger partial charge in [-0.3, -0.25) is 4.79 Å². The summed E-state index contributed by atoms with van der Waals surface area (Å²) in [6, 6.07) is 21.4. The van der Waals surface area contributed by atoms with Crippen LogP contribution in [0.1, 0.15) is 10.4 Å². The van der Waals surface area contributed by atoms with E-state index in [4.69, 9.17) is 4.42 Å². The van der Waals surface area contributed by atoms with Crippen molar-refractivity contribution in [2.75, 3.05) is 5.75 Å². The number of Topliss-reactive ketones (excluding diaryl/α,β-unsaturated/α-hetero) is 1. The Kier molecular flexibility index (Phi) is 4.86. The molecule has 0 spiro atoms. The molecule has 0 aliphatic carbocycles. The van der Waals surface area contributed by atoms with Crippen LogP contribution in [-0.2, 0) is 0 Å². The van der Waals surface area contributed by atoms with Crippen LogP contribution in [0.15, 0.2) is 80.8 Å². The van der Waals surface area contributed by atoms with Crippen molar-refractivity contribution in [2.24, 2.45) is 0 Å². The summed E-state index contributed by atoms with van der Waals surface area (Å²) >= 11 is 4.61. The van der Waals surface area contributed by atoms with Crippen LogP contribution in [0.3, 0.4) is 0 Å². The molecule has 0 amide bonds. The van der Waals surface area contributed by atoms with Crippen LogP contribution in [0.25, 0.3) is 22.2 Å². The molecule has 128 valence electrons. The van der Waals surface area contributed by atoms with Crippen molar-refractivity contribution in [2.45, 2.75) is 5.22 Å². The molecule has 0 aliphatic rings. The minimum Gasteiger partial charge on any atom is -0.411 e. The molecule has 0 aliphatic heterocycles. The van der Waals surface area contributed by atoms with Gasteiger partial charge in [0.2, 0.25) is 5.89 Å². The summed E-state index contributed by atoms with van der Waals surface area (Å²) in [6.45, 7) is 0. The van der Waals surface area contributed by atoms with Crippen LogP contribution in [0, 0.1) is 0 Å². The van der Waals surface area contributed by atoms with Crippen molar-refractivity contribution in [3.63, 3.8) is 0 Å². The predicted molar refractivity (Wildman–Crippen MR) is 106 cm³/mol. The van der Waals surface area contributed by atoms with E-state index in [1.165, 1.54) is 11.8 Å². The molecule has 0 N–H and O–H groups in total. The van der Waals surface area contributed by atoms with Gasteiger partial charge >= 0.3 is 0 Å². The second-order valence-electron chi connectivity index (χ2n) is 5.65. The van der Waals surface area contributed by atoms with Crippen LogP contribution in [0.5, 0.6) is 0 Å². The molecule has 4 nitrogen and oxygen atoms in total. The third-order valence-electron chi connectivity index (χ3n) is 3.90. The van der Waals surface area contributed by atoms with Crippen LogP contribution >= 0.6 is 27.7 Å². The molecule has 0 bridgehead atoms. The summed E-state index contributed by atoms with van der Waals surface area (Å²) in [6.07, 6.45) is 0. The van der Waals surface area contributed by atoms with E-state index in [9.17, 15) is 4.79 Å². The van der Waals surface area contributed by atoms with Gasteiger partial charge < -0.3 is 4.42 Å². The third kappa shape index (κ3) is 3.71. The number of nitrogens with zero attached hydrogens (tertiary/aromatic N) is 2. The minimum atomic E-state index is 0.0213. The summed E-state index contributed by atoms with van der Waals surface area (Å²) in [5, 5.41) is 10.8. The topological polar surface area (TPSA) is 56.0 Å². The molecule has 4 rings (SSSR count). The number of rotatable bonds is 5. The highest BCUT2D eigenvalue weighted by molar-refractivity contribution is 9.10. The molecule has 6 heteroatoms. The Morgan fingerprint density at radius 3 is 2.54 bits per heavy atom. The first kappa shape index (κ1) is 17.0. The van der Waals surface area contributed by atoms with Crippen molar-refractivity contribution >= 4 is 44.2 Å². The van der Waals surface area contributed by atoms with Gasteiger partial charge in [0, 0.05) is 15.6 Å². The zero-order valence-electron chi connectivity index (χ0n) is 13.6. The van der Waals surface area contributed by atoms with E-state index in [1.54, 1.807) is 12.1 Å². The third-order valence-corrected chi connectivity index (χ3v) is 5.24. The summed E-state index contributed by atoms with van der Waals surface area (Å²) in [5.74, 6) is 0.725. The van der Waals surface area contributed by atoms with Crippen molar-refractivity contribution in [3.8, 4) is 11.5 Å². The maximum Gasteiger partial charge on any atom is 0.277 e. The summed E-state index contributed by atoms with van der Waals surface area (Å²) in [7, 11) is 0. The summed E-state index contributed by atoms with van der Waals surface area (Å²) < 4.78 is 6.65. The zero-order valence-corrected chi connectivity index (χ0v) is 16.0. The van der Waals surface area contributed by atoms with E-state index in [0.717, 1.165) is 20.8 Å². The molecule has 0 unspecified atom stereocenters. The Morgan fingerprint density at radius 1 is 0.962 bits per heavy atom. The second kappa shape index (κ2) is 7.43. The molecular weight excluding hydrogens is 412 g/mol. The van der Waals surface area contributed by atoms with Gasteiger partial charge in [-0.15, -0.1) is 10.2 Å². The molecule has 0 radical (unpaired) electrons. The van der Waals surface area contributed by atoms with E-state index in [2.05, 4.69) is 32.2 Å². The first-order chi connectivity index (χ1) is 12.7. The molecule has 4 aromatic rings. The highest BCUT2D eigenvalue weighted by Gasteiger charge is 2.12. The number of hydrogen-bond acceptors (Lipinski definition) is 5. The van der Waals surface area contributed by atoms with Gasteiger partial charge in [0.15, 0.2) is 5.78 Å².